The first-order valence-corrected chi connectivity index (χ1v) is 13.9. The number of hydrogen-bond donors (Lipinski definition) is 1. The lowest BCUT2D eigenvalue weighted by molar-refractivity contribution is 0.0931. The van der Waals surface area contributed by atoms with E-state index >= 15 is 0 Å². The number of hydrogen-bond acceptors (Lipinski definition) is 5. The average Bonchev–Trinajstić information content (AvgIpc) is 3.17. The molecule has 7 heteroatoms. The van der Waals surface area contributed by atoms with Crippen molar-refractivity contribution in [2.75, 3.05) is 46.9 Å². The quantitative estimate of drug-likeness (QED) is 0.314. The first-order valence-electron chi connectivity index (χ1n) is 13.9. The number of aryl methyl sites for hydroxylation is 2. The number of benzene rings is 2. The molecule has 1 fully saturated rings. The van der Waals surface area contributed by atoms with Gasteiger partial charge in [-0.05, 0) is 102 Å². The summed E-state index contributed by atoms with van der Waals surface area (Å²) in [6.07, 6.45) is 6.78. The molecule has 1 atom stereocenters. The van der Waals surface area contributed by atoms with Crippen LogP contribution in [0.15, 0.2) is 36.5 Å². The molecule has 3 heterocycles. The third kappa shape index (κ3) is 5.36. The molecular weight excluding hydrogens is 474 g/mol. The normalized spacial score (nSPS) is 15.5. The molecule has 1 N–H and O–H groups in total. The fraction of sp³-hybridized carbons (Fsp3) is 0.484. The molecule has 7 nitrogen and oxygen atoms in total. The van der Waals surface area contributed by atoms with Gasteiger partial charge >= 0.3 is 0 Å². The van der Waals surface area contributed by atoms with Gasteiger partial charge in [0.05, 0.1) is 12.1 Å². The zero-order chi connectivity index (χ0) is 26.8. The second-order valence-corrected chi connectivity index (χ2v) is 11.1. The number of rotatable bonds is 9. The Morgan fingerprint density at radius 2 is 1.87 bits per heavy atom. The molecule has 0 aliphatic carbocycles. The minimum Gasteiger partial charge on any atom is -0.494 e. The summed E-state index contributed by atoms with van der Waals surface area (Å²) < 4.78 is 8.45. The van der Waals surface area contributed by atoms with Crippen molar-refractivity contribution in [3.05, 3.63) is 47.8 Å². The molecule has 0 unspecified atom stereocenters. The van der Waals surface area contributed by atoms with Gasteiger partial charge in [0.2, 0.25) is 0 Å². The Morgan fingerprint density at radius 3 is 2.63 bits per heavy atom. The lowest BCUT2D eigenvalue weighted by Gasteiger charge is -2.26. The van der Waals surface area contributed by atoms with Crippen LogP contribution in [0.1, 0.15) is 48.7 Å². The number of amides is 1. The number of pyridine rings is 1. The fourth-order valence-corrected chi connectivity index (χ4v) is 6.09. The van der Waals surface area contributed by atoms with Gasteiger partial charge in [0, 0.05) is 54.1 Å². The number of carbonyl (C=O) groups is 1. The summed E-state index contributed by atoms with van der Waals surface area (Å²) in [5.74, 6) is 0.754. The molecule has 202 valence electrons. The Bertz CT molecular complexity index is 1450. The van der Waals surface area contributed by atoms with Crippen LogP contribution in [0.2, 0.25) is 0 Å². The first kappa shape index (κ1) is 26.4. The van der Waals surface area contributed by atoms with E-state index in [2.05, 4.69) is 62.9 Å². The van der Waals surface area contributed by atoms with E-state index in [1.165, 1.54) is 37.9 Å². The standard InChI is InChI=1S/C31H41N5O2/c1-21(20-34(3)4)33-31(37)29-26-19-27-25-18-23(38-17-9-16-36-14-7-6-8-15-36)10-11-28(25)35(5)30(27)22(2)24(26)12-13-32-29/h10-13,18-19,21H,6-9,14-17,20H2,1-5H3,(H,33,37)/t21-/m1/s1. The summed E-state index contributed by atoms with van der Waals surface area (Å²) in [5, 5.41) is 7.31. The Hall–Kier alpha value is -3.16. The Balaban J connectivity index is 1.46. The molecule has 2 aromatic heterocycles. The molecule has 0 spiro atoms. The molecule has 2 aromatic carbocycles. The monoisotopic (exact) mass is 515 g/mol. The van der Waals surface area contributed by atoms with Crippen molar-refractivity contribution in [3.8, 4) is 5.75 Å². The van der Waals surface area contributed by atoms with E-state index < -0.39 is 0 Å². The molecule has 1 saturated heterocycles. The maximum absolute atomic E-state index is 13.3. The summed E-state index contributed by atoms with van der Waals surface area (Å²) >= 11 is 0. The Labute approximate surface area is 225 Å². The molecule has 1 aliphatic heterocycles. The highest BCUT2D eigenvalue weighted by Crippen LogP contribution is 2.37. The number of nitrogens with one attached hydrogen (secondary N) is 1. The van der Waals surface area contributed by atoms with E-state index in [9.17, 15) is 4.79 Å². The van der Waals surface area contributed by atoms with E-state index in [0.29, 0.717) is 12.3 Å². The number of likely N-dealkylation sites (tertiary alicyclic amines) is 1. The van der Waals surface area contributed by atoms with Crippen LogP contribution in [0.3, 0.4) is 0 Å². The van der Waals surface area contributed by atoms with E-state index in [-0.39, 0.29) is 11.9 Å². The van der Waals surface area contributed by atoms with E-state index in [0.717, 1.165) is 57.9 Å². The smallest absolute Gasteiger partial charge is 0.270 e. The minimum absolute atomic E-state index is 0.0200. The molecule has 1 aliphatic rings. The summed E-state index contributed by atoms with van der Waals surface area (Å²) in [4.78, 5) is 22.4. The zero-order valence-corrected chi connectivity index (χ0v) is 23.5. The van der Waals surface area contributed by atoms with E-state index in [1.54, 1.807) is 6.20 Å². The minimum atomic E-state index is -0.137. The third-order valence-corrected chi connectivity index (χ3v) is 7.82. The SMILES string of the molecule is Cc1c2ccnc(C(=O)N[C@H](C)CN(C)C)c2cc2c3cc(OCCCN4CCCCC4)ccc3n(C)c12. The lowest BCUT2D eigenvalue weighted by Crippen LogP contribution is -2.39. The highest BCUT2D eigenvalue weighted by atomic mass is 16.5. The van der Waals surface area contributed by atoms with Crippen LogP contribution in [-0.4, -0.2) is 78.2 Å². The molecule has 0 bridgehead atoms. The molecule has 38 heavy (non-hydrogen) atoms. The first-order chi connectivity index (χ1) is 18.3. The van der Waals surface area contributed by atoms with Gasteiger partial charge in [-0.1, -0.05) is 6.42 Å². The van der Waals surface area contributed by atoms with Gasteiger partial charge in [-0.3, -0.25) is 9.78 Å². The van der Waals surface area contributed by atoms with Crippen LogP contribution < -0.4 is 10.1 Å². The van der Waals surface area contributed by atoms with Gasteiger partial charge < -0.3 is 24.4 Å². The van der Waals surface area contributed by atoms with Gasteiger partial charge in [-0.15, -0.1) is 0 Å². The maximum Gasteiger partial charge on any atom is 0.270 e. The molecule has 0 saturated carbocycles. The van der Waals surface area contributed by atoms with Crippen LogP contribution >= 0.6 is 0 Å². The number of aromatic nitrogens is 2. The van der Waals surface area contributed by atoms with Crippen molar-refractivity contribution in [2.24, 2.45) is 7.05 Å². The summed E-state index contributed by atoms with van der Waals surface area (Å²) in [7, 11) is 6.12. The summed E-state index contributed by atoms with van der Waals surface area (Å²) in [6, 6.07) is 10.5. The van der Waals surface area contributed by atoms with Crippen LogP contribution in [0, 0.1) is 6.92 Å². The third-order valence-electron chi connectivity index (χ3n) is 7.82. The molecule has 0 radical (unpaired) electrons. The number of likely N-dealkylation sites (N-methyl/N-ethyl adjacent to an activating group) is 1. The van der Waals surface area contributed by atoms with Crippen molar-refractivity contribution in [3.63, 3.8) is 0 Å². The van der Waals surface area contributed by atoms with Crippen molar-refractivity contribution in [2.45, 2.75) is 45.6 Å². The number of ether oxygens (including phenoxy) is 1. The lowest BCUT2D eigenvalue weighted by atomic mass is 10.00. The predicted octanol–water partition coefficient (Wildman–Crippen LogP) is 5.12. The number of piperidine rings is 1. The van der Waals surface area contributed by atoms with Crippen LogP contribution in [0.4, 0.5) is 0 Å². The fourth-order valence-electron chi connectivity index (χ4n) is 6.09. The molecule has 1 amide bonds. The van der Waals surface area contributed by atoms with E-state index in [4.69, 9.17) is 4.74 Å². The average molecular weight is 516 g/mol. The van der Waals surface area contributed by atoms with Crippen LogP contribution in [0.5, 0.6) is 5.75 Å². The second-order valence-electron chi connectivity index (χ2n) is 11.1. The van der Waals surface area contributed by atoms with Gasteiger partial charge in [0.15, 0.2) is 0 Å². The topological polar surface area (TPSA) is 62.6 Å². The zero-order valence-electron chi connectivity index (χ0n) is 23.5. The molecular formula is C31H41N5O2. The van der Waals surface area contributed by atoms with E-state index in [1.807, 2.05) is 27.1 Å². The van der Waals surface area contributed by atoms with Crippen molar-refractivity contribution < 1.29 is 9.53 Å². The number of carbonyl (C=O) groups excluding carboxylic acids is 1. The van der Waals surface area contributed by atoms with Gasteiger partial charge in [-0.2, -0.15) is 0 Å². The van der Waals surface area contributed by atoms with Gasteiger partial charge in [0.25, 0.3) is 5.91 Å². The largest absolute Gasteiger partial charge is 0.494 e. The summed E-state index contributed by atoms with van der Waals surface area (Å²) in [5.41, 5.74) is 3.95. The molecule has 5 rings (SSSR count). The van der Waals surface area contributed by atoms with Crippen LogP contribution in [0.25, 0.3) is 32.6 Å². The number of fused-ring (bicyclic) bond motifs is 4. The predicted molar refractivity (Wildman–Crippen MR) is 156 cm³/mol. The van der Waals surface area contributed by atoms with Crippen molar-refractivity contribution in [1.29, 1.82) is 0 Å². The number of nitrogens with zero attached hydrogens (tertiary/aromatic N) is 4. The summed E-state index contributed by atoms with van der Waals surface area (Å²) in [6.45, 7) is 9.19. The van der Waals surface area contributed by atoms with Crippen LogP contribution in [-0.2, 0) is 7.05 Å². The molecule has 4 aromatic rings. The highest BCUT2D eigenvalue weighted by Gasteiger charge is 2.20. The van der Waals surface area contributed by atoms with Gasteiger partial charge in [0.1, 0.15) is 11.4 Å². The Morgan fingerprint density at radius 1 is 1.08 bits per heavy atom. The van der Waals surface area contributed by atoms with Crippen molar-refractivity contribution >= 4 is 38.5 Å². The second kappa shape index (κ2) is 11.3. The van der Waals surface area contributed by atoms with Crippen molar-refractivity contribution in [1.82, 2.24) is 24.7 Å². The highest BCUT2D eigenvalue weighted by molar-refractivity contribution is 6.17. The maximum atomic E-state index is 13.3. The Kier molecular flexibility index (Phi) is 7.86. The van der Waals surface area contributed by atoms with Gasteiger partial charge in [-0.25, -0.2) is 0 Å².